The molecule has 0 fully saturated rings. The molecule has 3 aromatic rings. The number of H-pyrrole nitrogens is 1. The van der Waals surface area contributed by atoms with Gasteiger partial charge in [-0.1, -0.05) is 19.1 Å². The zero-order valence-corrected chi connectivity index (χ0v) is 16.7. The largest absolute Gasteiger partial charge is 0.494 e. The lowest BCUT2D eigenvalue weighted by atomic mass is 9.96. The van der Waals surface area contributed by atoms with Crippen LogP contribution in [0.25, 0.3) is 22.0 Å². The second-order valence-corrected chi connectivity index (χ2v) is 7.71. The lowest BCUT2D eigenvalue weighted by molar-refractivity contribution is 0.317. The van der Waals surface area contributed by atoms with E-state index in [-0.39, 0.29) is 0 Å². The highest BCUT2D eigenvalue weighted by Crippen LogP contribution is 2.37. The van der Waals surface area contributed by atoms with Gasteiger partial charge in [-0.3, -0.25) is 0 Å². The Hall–Kier alpha value is -1.53. The van der Waals surface area contributed by atoms with Crippen LogP contribution in [0.1, 0.15) is 24.6 Å². The maximum atomic E-state index is 5.88. The normalized spacial score (nSPS) is 14.3. The SMILES string of the molecule is CCCOc1ccc(I)c(-c2cccc3[nH]c4c(c23)CCNCC4)c1. The average Bonchev–Trinajstić information content (AvgIpc) is 2.82. The van der Waals surface area contributed by atoms with Crippen LogP contribution in [-0.2, 0) is 12.8 Å². The summed E-state index contributed by atoms with van der Waals surface area (Å²) in [7, 11) is 0. The van der Waals surface area contributed by atoms with Crippen molar-refractivity contribution in [2.75, 3.05) is 19.7 Å². The Morgan fingerprint density at radius 1 is 1.08 bits per heavy atom. The monoisotopic (exact) mass is 446 g/mol. The number of ether oxygens (including phenoxy) is 1. The first-order chi connectivity index (χ1) is 12.3. The summed E-state index contributed by atoms with van der Waals surface area (Å²) in [6.45, 7) is 4.99. The Balaban J connectivity index is 1.88. The molecule has 0 saturated heterocycles. The van der Waals surface area contributed by atoms with Gasteiger partial charge in [0.15, 0.2) is 0 Å². The van der Waals surface area contributed by atoms with Crippen molar-refractivity contribution < 1.29 is 4.74 Å². The molecular weight excluding hydrogens is 423 g/mol. The fourth-order valence-electron chi connectivity index (χ4n) is 3.66. The molecule has 1 aliphatic rings. The topological polar surface area (TPSA) is 37.0 Å². The van der Waals surface area contributed by atoms with E-state index in [9.17, 15) is 0 Å². The molecule has 0 aliphatic carbocycles. The third-order valence-corrected chi connectivity index (χ3v) is 5.76. The average molecular weight is 446 g/mol. The zero-order valence-electron chi connectivity index (χ0n) is 14.5. The van der Waals surface area contributed by atoms with Gasteiger partial charge in [-0.2, -0.15) is 0 Å². The highest BCUT2D eigenvalue weighted by molar-refractivity contribution is 14.1. The van der Waals surface area contributed by atoms with Gasteiger partial charge >= 0.3 is 0 Å². The van der Waals surface area contributed by atoms with Crippen LogP contribution >= 0.6 is 22.6 Å². The summed E-state index contributed by atoms with van der Waals surface area (Å²) in [5.74, 6) is 0.956. The summed E-state index contributed by atoms with van der Waals surface area (Å²) in [6, 6.07) is 13.0. The van der Waals surface area contributed by atoms with E-state index in [1.165, 1.54) is 36.9 Å². The molecule has 0 atom stereocenters. The number of hydrogen-bond donors (Lipinski definition) is 2. The quantitative estimate of drug-likeness (QED) is 0.559. The van der Waals surface area contributed by atoms with E-state index < -0.39 is 0 Å². The third-order valence-electron chi connectivity index (χ3n) is 4.82. The summed E-state index contributed by atoms with van der Waals surface area (Å²) < 4.78 is 7.14. The van der Waals surface area contributed by atoms with Crippen molar-refractivity contribution >= 4 is 33.5 Å². The van der Waals surface area contributed by atoms with Crippen LogP contribution in [0.5, 0.6) is 5.75 Å². The first-order valence-electron chi connectivity index (χ1n) is 9.04. The number of hydrogen-bond acceptors (Lipinski definition) is 2. The molecule has 2 heterocycles. The summed E-state index contributed by atoms with van der Waals surface area (Å²) in [4.78, 5) is 3.66. The van der Waals surface area contributed by atoms with Crippen LogP contribution in [0.15, 0.2) is 36.4 Å². The lowest BCUT2D eigenvalue weighted by Gasteiger charge is -2.12. The Labute approximate surface area is 162 Å². The zero-order chi connectivity index (χ0) is 17.2. The van der Waals surface area contributed by atoms with E-state index in [4.69, 9.17) is 4.74 Å². The fraction of sp³-hybridized carbons (Fsp3) is 0.333. The van der Waals surface area contributed by atoms with Gasteiger partial charge in [0, 0.05) is 33.1 Å². The Kier molecular flexibility index (Phi) is 4.99. The van der Waals surface area contributed by atoms with Gasteiger partial charge < -0.3 is 15.0 Å². The number of aromatic amines is 1. The number of aromatic nitrogens is 1. The minimum Gasteiger partial charge on any atom is -0.494 e. The molecular formula is C21H23IN2O. The van der Waals surface area contributed by atoms with Crippen molar-refractivity contribution in [3.8, 4) is 16.9 Å². The van der Waals surface area contributed by atoms with Crippen molar-refractivity contribution in [1.82, 2.24) is 10.3 Å². The third kappa shape index (κ3) is 3.29. The summed E-state index contributed by atoms with van der Waals surface area (Å²) >= 11 is 2.43. The van der Waals surface area contributed by atoms with Crippen LogP contribution < -0.4 is 10.1 Å². The number of fused-ring (bicyclic) bond motifs is 3. The van der Waals surface area contributed by atoms with Gasteiger partial charge in [-0.15, -0.1) is 0 Å². The van der Waals surface area contributed by atoms with E-state index in [0.29, 0.717) is 0 Å². The molecule has 0 spiro atoms. The van der Waals surface area contributed by atoms with Crippen molar-refractivity contribution in [3.05, 3.63) is 51.2 Å². The number of rotatable bonds is 4. The van der Waals surface area contributed by atoms with Crippen molar-refractivity contribution in [2.45, 2.75) is 26.2 Å². The lowest BCUT2D eigenvalue weighted by Crippen LogP contribution is -2.16. The molecule has 3 nitrogen and oxygen atoms in total. The molecule has 4 rings (SSSR count). The maximum Gasteiger partial charge on any atom is 0.119 e. The van der Waals surface area contributed by atoms with Gasteiger partial charge in [0.25, 0.3) is 0 Å². The predicted molar refractivity (Wildman–Crippen MR) is 113 cm³/mol. The second kappa shape index (κ2) is 7.38. The van der Waals surface area contributed by atoms with E-state index in [1.807, 2.05) is 0 Å². The van der Waals surface area contributed by atoms with Gasteiger partial charge in [0.2, 0.25) is 0 Å². The molecule has 25 heavy (non-hydrogen) atoms. The summed E-state index contributed by atoms with van der Waals surface area (Å²) in [5.41, 5.74) is 6.69. The van der Waals surface area contributed by atoms with Crippen LogP contribution in [0.2, 0.25) is 0 Å². The predicted octanol–water partition coefficient (Wildman–Crippen LogP) is 4.92. The smallest absolute Gasteiger partial charge is 0.119 e. The summed E-state index contributed by atoms with van der Waals surface area (Å²) in [6.07, 6.45) is 3.17. The van der Waals surface area contributed by atoms with Gasteiger partial charge in [-0.25, -0.2) is 0 Å². The molecule has 0 saturated carbocycles. The van der Waals surface area contributed by atoms with Crippen molar-refractivity contribution in [3.63, 3.8) is 0 Å². The molecule has 4 heteroatoms. The van der Waals surface area contributed by atoms with Crippen LogP contribution in [0.4, 0.5) is 0 Å². The molecule has 0 unspecified atom stereocenters. The van der Waals surface area contributed by atoms with Crippen molar-refractivity contribution in [1.29, 1.82) is 0 Å². The molecule has 0 bridgehead atoms. The first-order valence-corrected chi connectivity index (χ1v) is 10.1. The molecule has 1 aliphatic heterocycles. The maximum absolute atomic E-state index is 5.88. The van der Waals surface area contributed by atoms with Crippen LogP contribution in [0.3, 0.4) is 0 Å². The molecule has 2 aromatic carbocycles. The number of benzene rings is 2. The molecule has 0 radical (unpaired) electrons. The number of halogens is 1. The van der Waals surface area contributed by atoms with E-state index >= 15 is 0 Å². The summed E-state index contributed by atoms with van der Waals surface area (Å²) in [5, 5.41) is 4.89. The van der Waals surface area contributed by atoms with E-state index in [2.05, 4.69) is 76.2 Å². The number of nitrogens with one attached hydrogen (secondary N) is 2. The molecule has 0 amide bonds. The van der Waals surface area contributed by atoms with Crippen LogP contribution in [0, 0.1) is 3.57 Å². The highest BCUT2D eigenvalue weighted by Gasteiger charge is 2.18. The van der Waals surface area contributed by atoms with Gasteiger partial charge in [-0.05, 0) is 82.9 Å². The van der Waals surface area contributed by atoms with E-state index in [0.717, 1.165) is 44.7 Å². The molecule has 2 N–H and O–H groups in total. The minimum absolute atomic E-state index is 0.759. The van der Waals surface area contributed by atoms with Crippen LogP contribution in [-0.4, -0.2) is 24.7 Å². The Bertz CT molecular complexity index is 900. The minimum atomic E-state index is 0.759. The highest BCUT2D eigenvalue weighted by atomic mass is 127. The van der Waals surface area contributed by atoms with E-state index in [1.54, 1.807) is 0 Å². The van der Waals surface area contributed by atoms with Crippen molar-refractivity contribution in [2.24, 2.45) is 0 Å². The van der Waals surface area contributed by atoms with Gasteiger partial charge in [0.05, 0.1) is 6.61 Å². The first kappa shape index (κ1) is 16.9. The fourth-order valence-corrected chi connectivity index (χ4v) is 4.28. The standard InChI is InChI=1S/C21H23IN2O/c1-2-12-25-14-6-7-18(22)17(13-14)15-4-3-5-20-21(15)16-8-10-23-11-9-19(16)24-20/h3-7,13,23-24H,2,8-12H2,1H3. The Morgan fingerprint density at radius 3 is 2.84 bits per heavy atom. The molecule has 1 aromatic heterocycles. The van der Waals surface area contributed by atoms with Gasteiger partial charge in [0.1, 0.15) is 5.75 Å². The second-order valence-electron chi connectivity index (χ2n) is 6.55. The molecule has 130 valence electrons. The Morgan fingerprint density at radius 2 is 1.96 bits per heavy atom.